The van der Waals surface area contributed by atoms with Gasteiger partial charge in [0.05, 0.1) is 22.3 Å². The van der Waals surface area contributed by atoms with Crippen LogP contribution in [0.2, 0.25) is 0 Å². The normalized spacial score (nSPS) is 10.9. The zero-order valence-electron chi connectivity index (χ0n) is 14.1. The number of benzene rings is 2. The van der Waals surface area contributed by atoms with Crippen molar-refractivity contribution in [3.8, 4) is 5.69 Å². The fourth-order valence-corrected chi connectivity index (χ4v) is 3.32. The van der Waals surface area contributed by atoms with Gasteiger partial charge in [0.15, 0.2) is 5.16 Å². The highest BCUT2D eigenvalue weighted by Gasteiger charge is 2.18. The molecule has 26 heavy (non-hydrogen) atoms. The highest BCUT2D eigenvalue weighted by Crippen LogP contribution is 2.23. The quantitative estimate of drug-likeness (QED) is 0.520. The van der Waals surface area contributed by atoms with Crippen LogP contribution in [0.5, 0.6) is 0 Å². The number of hydrogen-bond donors (Lipinski definition) is 0. The Morgan fingerprint density at radius 3 is 2.62 bits per heavy atom. The number of amides is 1. The Bertz CT molecular complexity index is 1050. The Morgan fingerprint density at radius 1 is 1.19 bits per heavy atom. The fourth-order valence-electron chi connectivity index (χ4n) is 2.34. The van der Waals surface area contributed by atoms with Crippen LogP contribution < -0.4 is 5.56 Å². The van der Waals surface area contributed by atoms with Crippen molar-refractivity contribution in [3.63, 3.8) is 0 Å². The molecule has 0 atom stereocenters. The molecule has 0 fully saturated rings. The van der Waals surface area contributed by atoms with Crippen LogP contribution in [0.25, 0.3) is 16.6 Å². The Kier molecular flexibility index (Phi) is 5.03. The number of hydrogen-bond acceptors (Lipinski definition) is 4. The van der Waals surface area contributed by atoms with Gasteiger partial charge >= 0.3 is 0 Å². The average Bonchev–Trinajstić information content (AvgIpc) is 2.60. The van der Waals surface area contributed by atoms with Crippen LogP contribution in [-0.4, -0.2) is 40.2 Å². The van der Waals surface area contributed by atoms with E-state index < -0.39 is 17.2 Å². The zero-order chi connectivity index (χ0) is 18.8. The molecule has 0 bridgehead atoms. The van der Waals surface area contributed by atoms with Gasteiger partial charge in [-0.25, -0.2) is 13.8 Å². The second-order valence-electron chi connectivity index (χ2n) is 5.72. The van der Waals surface area contributed by atoms with Crippen molar-refractivity contribution in [3.05, 3.63) is 64.5 Å². The van der Waals surface area contributed by atoms with Gasteiger partial charge in [0.2, 0.25) is 5.91 Å². The number of thioether (sulfide) groups is 1. The molecule has 0 aliphatic carbocycles. The molecule has 1 amide bonds. The van der Waals surface area contributed by atoms with Gasteiger partial charge in [-0.15, -0.1) is 0 Å². The Hall–Kier alpha value is -2.74. The second-order valence-corrected chi connectivity index (χ2v) is 6.67. The summed E-state index contributed by atoms with van der Waals surface area (Å²) in [6.45, 7) is 0. The lowest BCUT2D eigenvalue weighted by Crippen LogP contribution is -2.26. The summed E-state index contributed by atoms with van der Waals surface area (Å²) in [5.41, 5.74) is -0.161. The number of halogens is 2. The van der Waals surface area contributed by atoms with E-state index in [1.54, 1.807) is 38.4 Å². The summed E-state index contributed by atoms with van der Waals surface area (Å²) in [5.74, 6) is -1.78. The monoisotopic (exact) mass is 375 g/mol. The van der Waals surface area contributed by atoms with Crippen LogP contribution >= 0.6 is 11.8 Å². The van der Waals surface area contributed by atoms with Crippen molar-refractivity contribution in [2.24, 2.45) is 0 Å². The van der Waals surface area contributed by atoms with Gasteiger partial charge in [0.25, 0.3) is 5.56 Å². The summed E-state index contributed by atoms with van der Waals surface area (Å²) < 4.78 is 28.6. The molecule has 0 unspecified atom stereocenters. The zero-order valence-corrected chi connectivity index (χ0v) is 14.9. The molecule has 0 saturated carbocycles. The lowest BCUT2D eigenvalue weighted by atomic mass is 10.2. The topological polar surface area (TPSA) is 55.2 Å². The molecule has 3 aromatic rings. The van der Waals surface area contributed by atoms with E-state index in [0.717, 1.165) is 22.4 Å². The van der Waals surface area contributed by atoms with E-state index in [4.69, 9.17) is 0 Å². The first-order valence-electron chi connectivity index (χ1n) is 7.68. The predicted molar refractivity (Wildman–Crippen MR) is 96.7 cm³/mol. The van der Waals surface area contributed by atoms with Crippen LogP contribution in [0.3, 0.4) is 0 Å². The van der Waals surface area contributed by atoms with Crippen LogP contribution in [0.4, 0.5) is 8.78 Å². The largest absolute Gasteiger partial charge is 0.348 e. The molecular formula is C18H15F2N3O2S. The van der Waals surface area contributed by atoms with E-state index in [1.807, 2.05) is 0 Å². The van der Waals surface area contributed by atoms with Gasteiger partial charge in [-0.3, -0.25) is 14.2 Å². The van der Waals surface area contributed by atoms with E-state index in [1.165, 1.54) is 11.0 Å². The molecular weight excluding hydrogens is 360 g/mol. The summed E-state index contributed by atoms with van der Waals surface area (Å²) in [6, 6.07) is 9.62. The molecule has 0 N–H and O–H groups in total. The van der Waals surface area contributed by atoms with Crippen LogP contribution in [0.15, 0.2) is 52.4 Å². The Labute approximate surface area is 152 Å². The van der Waals surface area contributed by atoms with Crippen molar-refractivity contribution >= 4 is 28.6 Å². The number of fused-ring (bicyclic) bond motifs is 1. The van der Waals surface area contributed by atoms with E-state index in [0.29, 0.717) is 17.0 Å². The first-order valence-corrected chi connectivity index (χ1v) is 8.67. The molecule has 0 aliphatic heterocycles. The van der Waals surface area contributed by atoms with Crippen LogP contribution in [0, 0.1) is 11.6 Å². The molecule has 1 aromatic heterocycles. The number of aromatic nitrogens is 2. The highest BCUT2D eigenvalue weighted by atomic mass is 32.2. The van der Waals surface area contributed by atoms with Crippen LogP contribution in [0.1, 0.15) is 0 Å². The third-order valence-electron chi connectivity index (χ3n) is 3.72. The third-order valence-corrected chi connectivity index (χ3v) is 4.64. The Morgan fingerprint density at radius 2 is 1.92 bits per heavy atom. The summed E-state index contributed by atoms with van der Waals surface area (Å²) in [4.78, 5) is 30.6. The molecule has 5 nitrogen and oxygen atoms in total. The van der Waals surface area contributed by atoms with Crippen LogP contribution in [-0.2, 0) is 4.79 Å². The number of rotatable bonds is 4. The van der Waals surface area contributed by atoms with Crippen molar-refractivity contribution in [2.45, 2.75) is 5.16 Å². The Balaban J connectivity index is 2.21. The summed E-state index contributed by atoms with van der Waals surface area (Å²) >= 11 is 1.02. The molecule has 1 heterocycles. The maximum atomic E-state index is 14.3. The maximum Gasteiger partial charge on any atom is 0.266 e. The fraction of sp³-hybridized carbons (Fsp3) is 0.167. The number of para-hydroxylation sites is 1. The minimum absolute atomic E-state index is 0.0284. The van der Waals surface area contributed by atoms with Crippen molar-refractivity contribution < 1.29 is 13.6 Å². The molecule has 0 aliphatic rings. The van der Waals surface area contributed by atoms with Gasteiger partial charge < -0.3 is 4.90 Å². The van der Waals surface area contributed by atoms with E-state index in [2.05, 4.69) is 4.98 Å². The highest BCUT2D eigenvalue weighted by molar-refractivity contribution is 7.99. The van der Waals surface area contributed by atoms with Crippen molar-refractivity contribution in [2.75, 3.05) is 19.8 Å². The second kappa shape index (κ2) is 7.25. The first kappa shape index (κ1) is 18.1. The average molecular weight is 375 g/mol. The maximum absolute atomic E-state index is 14.3. The third kappa shape index (κ3) is 3.45. The van der Waals surface area contributed by atoms with Gasteiger partial charge in [-0.1, -0.05) is 23.9 Å². The lowest BCUT2D eigenvalue weighted by molar-refractivity contribution is -0.125. The van der Waals surface area contributed by atoms with E-state index in [-0.39, 0.29) is 22.5 Å². The van der Waals surface area contributed by atoms with Gasteiger partial charge in [0.1, 0.15) is 11.6 Å². The van der Waals surface area contributed by atoms with Gasteiger partial charge in [-0.2, -0.15) is 0 Å². The van der Waals surface area contributed by atoms with E-state index in [9.17, 15) is 18.4 Å². The molecule has 8 heteroatoms. The number of carbonyl (C=O) groups excluding carboxylic acids is 1. The molecule has 0 radical (unpaired) electrons. The number of nitrogens with zero attached hydrogens (tertiary/aromatic N) is 3. The summed E-state index contributed by atoms with van der Waals surface area (Å²) in [5, 5.41) is 0.467. The van der Waals surface area contributed by atoms with Gasteiger partial charge in [0, 0.05) is 20.2 Å². The van der Waals surface area contributed by atoms with Crippen molar-refractivity contribution in [1.29, 1.82) is 0 Å². The smallest absolute Gasteiger partial charge is 0.266 e. The standard InChI is InChI=1S/C18H15F2N3O2S/c1-22(2)16(24)10-26-18-21-14-6-4-3-5-12(14)17(25)23(18)15-8-7-11(19)9-13(15)20/h3-9H,10H2,1-2H3. The number of carbonyl (C=O) groups is 1. The molecule has 134 valence electrons. The minimum atomic E-state index is -0.884. The van der Waals surface area contributed by atoms with E-state index >= 15 is 0 Å². The molecule has 3 rings (SSSR count). The molecule has 0 spiro atoms. The SMILES string of the molecule is CN(C)C(=O)CSc1nc2ccccc2c(=O)n1-c1ccc(F)cc1F. The summed E-state index contributed by atoms with van der Waals surface area (Å²) in [7, 11) is 3.23. The lowest BCUT2D eigenvalue weighted by Gasteiger charge is -2.15. The minimum Gasteiger partial charge on any atom is -0.348 e. The first-order chi connectivity index (χ1) is 12.4. The summed E-state index contributed by atoms with van der Waals surface area (Å²) in [6.07, 6.45) is 0. The molecule has 0 saturated heterocycles. The molecule has 2 aromatic carbocycles. The van der Waals surface area contributed by atoms with Gasteiger partial charge in [-0.05, 0) is 24.3 Å². The predicted octanol–water partition coefficient (Wildman–Crippen LogP) is 2.84. The van der Waals surface area contributed by atoms with Crippen molar-refractivity contribution in [1.82, 2.24) is 14.5 Å².